The molecule has 1 aliphatic heterocycles. The van der Waals surface area contributed by atoms with E-state index in [1.165, 1.54) is 6.07 Å². The molecule has 1 heterocycles. The van der Waals surface area contributed by atoms with Crippen molar-refractivity contribution in [2.45, 2.75) is 38.5 Å². The third-order valence-corrected chi connectivity index (χ3v) is 7.65. The van der Waals surface area contributed by atoms with Crippen LogP contribution in [0.25, 0.3) is 0 Å². The number of rotatable bonds is 8. The number of carbonyl (C=O) groups excluding carboxylic acids is 3. The molecule has 1 saturated heterocycles. The molecule has 3 rings (SSSR count). The van der Waals surface area contributed by atoms with Crippen molar-refractivity contribution in [2.75, 3.05) is 13.7 Å². The van der Waals surface area contributed by atoms with Gasteiger partial charge in [-0.2, -0.15) is 0 Å². The van der Waals surface area contributed by atoms with Crippen molar-refractivity contribution in [2.24, 2.45) is 5.92 Å². The molecule has 1 aliphatic rings. The maximum Gasteiger partial charge on any atom is 0.226 e. The molecule has 0 saturated carbocycles. The molecule has 2 aromatic rings. The summed E-state index contributed by atoms with van der Waals surface area (Å²) in [6.45, 7) is 6.44. The van der Waals surface area contributed by atoms with Crippen LogP contribution in [0.4, 0.5) is 4.39 Å². The number of carbonyl (C=O) groups is 3. The fourth-order valence-corrected chi connectivity index (χ4v) is 5.15. The molecule has 32 heavy (non-hydrogen) atoms. The summed E-state index contributed by atoms with van der Waals surface area (Å²) in [6.07, 6.45) is 0.0699. The first-order valence-corrected chi connectivity index (χ1v) is 14.1. The quantitative estimate of drug-likeness (QED) is 0.598. The third kappa shape index (κ3) is 5.62. The normalized spacial score (nSPS) is 16.9. The number of Topliss-reactive ketones (excluding diaryl/α,β-unsaturated/α-hetero) is 1. The van der Waals surface area contributed by atoms with Gasteiger partial charge >= 0.3 is 0 Å². The molecule has 8 heteroatoms. The first-order valence-electron chi connectivity index (χ1n) is 10.6. The maximum atomic E-state index is 14.7. The molecule has 2 N–H and O–H groups in total. The van der Waals surface area contributed by atoms with E-state index < -0.39 is 20.0 Å². The third-order valence-electron chi connectivity index (χ3n) is 5.63. The highest BCUT2D eigenvalue weighted by atomic mass is 28.3. The highest BCUT2D eigenvalue weighted by Gasteiger charge is 2.32. The second kappa shape index (κ2) is 9.64. The van der Waals surface area contributed by atoms with E-state index in [0.29, 0.717) is 22.1 Å². The molecule has 2 aromatic carbocycles. The zero-order chi connectivity index (χ0) is 23.5. The van der Waals surface area contributed by atoms with Gasteiger partial charge in [0.25, 0.3) is 0 Å². The van der Waals surface area contributed by atoms with Gasteiger partial charge in [0, 0.05) is 19.4 Å². The molecular weight excluding hydrogens is 427 g/mol. The molecule has 2 atom stereocenters. The molecule has 0 aliphatic carbocycles. The Bertz CT molecular complexity index is 1020. The van der Waals surface area contributed by atoms with Gasteiger partial charge in [-0.25, -0.2) is 4.39 Å². The number of amides is 2. The van der Waals surface area contributed by atoms with E-state index in [9.17, 15) is 18.8 Å². The van der Waals surface area contributed by atoms with E-state index in [1.54, 1.807) is 43.5 Å². The molecule has 1 fully saturated rings. The molecule has 0 aromatic heterocycles. The highest BCUT2D eigenvalue weighted by Crippen LogP contribution is 2.22. The van der Waals surface area contributed by atoms with Crippen molar-refractivity contribution in [1.82, 2.24) is 10.6 Å². The second-order valence-corrected chi connectivity index (χ2v) is 14.2. The van der Waals surface area contributed by atoms with Crippen LogP contribution in [0.1, 0.15) is 23.6 Å². The molecule has 6 nitrogen and oxygen atoms in total. The summed E-state index contributed by atoms with van der Waals surface area (Å²) in [5.41, 5.74) is 1.15. The molecule has 0 radical (unpaired) electrons. The summed E-state index contributed by atoms with van der Waals surface area (Å²) >= 11 is 0. The monoisotopic (exact) mass is 456 g/mol. The first-order chi connectivity index (χ1) is 15.1. The van der Waals surface area contributed by atoms with Crippen LogP contribution in [-0.4, -0.2) is 39.3 Å². The molecule has 170 valence electrons. The molecule has 2 unspecified atom stereocenters. The van der Waals surface area contributed by atoms with Crippen LogP contribution in [0.5, 0.6) is 5.75 Å². The Labute approximate surface area is 188 Å². The maximum absolute atomic E-state index is 14.7. The molecule has 0 bridgehead atoms. The lowest BCUT2D eigenvalue weighted by molar-refractivity contribution is -0.130. The first kappa shape index (κ1) is 23.7. The van der Waals surface area contributed by atoms with Gasteiger partial charge in [-0.05, 0) is 34.5 Å². The predicted octanol–water partition coefficient (Wildman–Crippen LogP) is 2.48. The van der Waals surface area contributed by atoms with Crippen LogP contribution >= 0.6 is 0 Å². The van der Waals surface area contributed by atoms with Gasteiger partial charge in [0.05, 0.1) is 21.1 Å². The minimum absolute atomic E-state index is 0.0261. The van der Waals surface area contributed by atoms with Gasteiger partial charge in [0.15, 0.2) is 5.78 Å². The predicted molar refractivity (Wildman–Crippen MR) is 123 cm³/mol. The van der Waals surface area contributed by atoms with Gasteiger partial charge in [-0.15, -0.1) is 0 Å². The second-order valence-electron chi connectivity index (χ2n) is 9.13. The van der Waals surface area contributed by atoms with Crippen molar-refractivity contribution >= 4 is 30.9 Å². The molecule has 2 amide bonds. The van der Waals surface area contributed by atoms with Gasteiger partial charge in [0.1, 0.15) is 17.6 Å². The van der Waals surface area contributed by atoms with E-state index in [4.69, 9.17) is 4.74 Å². The number of benzene rings is 2. The molecule has 0 spiro atoms. The number of methoxy groups -OCH3 is 1. The zero-order valence-corrected chi connectivity index (χ0v) is 19.8. The largest absolute Gasteiger partial charge is 0.497 e. The lowest BCUT2D eigenvalue weighted by atomic mass is 9.96. The van der Waals surface area contributed by atoms with Crippen LogP contribution in [0, 0.1) is 11.7 Å². The van der Waals surface area contributed by atoms with Gasteiger partial charge < -0.3 is 15.4 Å². The minimum Gasteiger partial charge on any atom is -0.497 e. The lowest BCUT2D eigenvalue weighted by Crippen LogP contribution is -2.40. The van der Waals surface area contributed by atoms with E-state index >= 15 is 0 Å². The summed E-state index contributed by atoms with van der Waals surface area (Å²) in [5.74, 6) is -1.00. The summed E-state index contributed by atoms with van der Waals surface area (Å²) in [4.78, 5) is 37.4. The number of halogens is 1. The Morgan fingerprint density at radius 2 is 1.88 bits per heavy atom. The SMILES string of the molecule is COc1ccc(C(NC(=O)C2CNC(=O)C2)C(=O)Cc2ccc([Si](C)(C)C)c(F)c2)cc1. The van der Waals surface area contributed by atoms with Crippen molar-refractivity contribution < 1.29 is 23.5 Å². The van der Waals surface area contributed by atoms with Gasteiger partial charge in [-0.1, -0.05) is 43.9 Å². The van der Waals surface area contributed by atoms with E-state index in [-0.39, 0.29) is 42.8 Å². The van der Waals surface area contributed by atoms with Crippen LogP contribution in [0.3, 0.4) is 0 Å². The summed E-state index contributed by atoms with van der Waals surface area (Å²) < 4.78 is 19.8. The Kier molecular flexibility index (Phi) is 7.13. The van der Waals surface area contributed by atoms with Crippen molar-refractivity contribution in [3.05, 3.63) is 59.4 Å². The fraction of sp³-hybridized carbons (Fsp3) is 0.375. The highest BCUT2D eigenvalue weighted by molar-refractivity contribution is 6.88. The Morgan fingerprint density at radius 3 is 2.41 bits per heavy atom. The number of nitrogens with one attached hydrogen (secondary N) is 2. The van der Waals surface area contributed by atoms with Crippen LogP contribution in [-0.2, 0) is 20.8 Å². The van der Waals surface area contributed by atoms with E-state index in [2.05, 4.69) is 30.3 Å². The Hall–Kier alpha value is -3.00. The summed E-state index contributed by atoms with van der Waals surface area (Å²) in [6, 6.07) is 10.9. The zero-order valence-electron chi connectivity index (χ0n) is 18.8. The standard InChI is InChI=1S/C24H29FN2O4Si/c1-31-18-8-6-16(7-9-18)23(27-24(30)17-13-22(29)26-14-17)20(28)12-15-5-10-21(19(25)11-15)32(2,3)4/h5-11,17,23H,12-14H2,1-4H3,(H,26,29)(H,27,30). The number of hydrogen-bond donors (Lipinski definition) is 2. The molecular formula is C24H29FN2O4Si. The smallest absolute Gasteiger partial charge is 0.226 e. The Balaban J connectivity index is 1.83. The van der Waals surface area contributed by atoms with Crippen molar-refractivity contribution in [1.29, 1.82) is 0 Å². The average Bonchev–Trinajstić information content (AvgIpc) is 3.17. The van der Waals surface area contributed by atoms with Crippen LogP contribution < -0.4 is 20.6 Å². The van der Waals surface area contributed by atoms with E-state index in [0.717, 1.165) is 0 Å². The number of ether oxygens (including phenoxy) is 1. The van der Waals surface area contributed by atoms with Gasteiger partial charge in [-0.3, -0.25) is 14.4 Å². The summed E-state index contributed by atoms with van der Waals surface area (Å²) in [7, 11) is -0.285. The van der Waals surface area contributed by atoms with Crippen molar-refractivity contribution in [3.8, 4) is 5.75 Å². The number of ketones is 1. The van der Waals surface area contributed by atoms with Crippen LogP contribution in [0.2, 0.25) is 19.6 Å². The van der Waals surface area contributed by atoms with Gasteiger partial charge in [0.2, 0.25) is 11.8 Å². The lowest BCUT2D eigenvalue weighted by Gasteiger charge is -2.21. The van der Waals surface area contributed by atoms with Crippen LogP contribution in [0.15, 0.2) is 42.5 Å². The fourth-order valence-electron chi connectivity index (χ4n) is 3.78. The topological polar surface area (TPSA) is 84.5 Å². The number of hydrogen-bond acceptors (Lipinski definition) is 4. The average molecular weight is 457 g/mol. The summed E-state index contributed by atoms with van der Waals surface area (Å²) in [5, 5.41) is 6.14. The minimum atomic E-state index is -1.83. The Morgan fingerprint density at radius 1 is 1.19 bits per heavy atom. The van der Waals surface area contributed by atoms with Crippen molar-refractivity contribution in [3.63, 3.8) is 0 Å². The van der Waals surface area contributed by atoms with E-state index in [1.807, 2.05) is 0 Å².